The Morgan fingerprint density at radius 1 is 0.920 bits per heavy atom. The van der Waals surface area contributed by atoms with E-state index in [9.17, 15) is 9.59 Å². The molecule has 25 heavy (non-hydrogen) atoms. The lowest BCUT2D eigenvalue weighted by Crippen LogP contribution is -2.33. The molecular formula is C20H19N3O2. The molecule has 0 bridgehead atoms. The molecule has 5 nitrogen and oxygen atoms in total. The van der Waals surface area contributed by atoms with Crippen molar-refractivity contribution in [2.24, 2.45) is 0 Å². The van der Waals surface area contributed by atoms with Gasteiger partial charge < -0.3 is 4.90 Å². The van der Waals surface area contributed by atoms with E-state index in [2.05, 4.69) is 5.10 Å². The highest BCUT2D eigenvalue weighted by molar-refractivity contribution is 6.47. The van der Waals surface area contributed by atoms with Crippen molar-refractivity contribution < 1.29 is 9.59 Å². The van der Waals surface area contributed by atoms with Crippen LogP contribution in [0.1, 0.15) is 21.7 Å². The van der Waals surface area contributed by atoms with Crippen LogP contribution in [0.4, 0.5) is 5.69 Å². The van der Waals surface area contributed by atoms with Gasteiger partial charge in [-0.05, 0) is 38.1 Å². The van der Waals surface area contributed by atoms with E-state index in [4.69, 9.17) is 0 Å². The lowest BCUT2D eigenvalue weighted by molar-refractivity contribution is -0.114. The molecule has 0 atom stereocenters. The number of amides is 1. The summed E-state index contributed by atoms with van der Waals surface area (Å²) >= 11 is 0. The van der Waals surface area contributed by atoms with Gasteiger partial charge in [0.15, 0.2) is 0 Å². The number of carbonyl (C=O) groups is 2. The number of para-hydroxylation sites is 2. The summed E-state index contributed by atoms with van der Waals surface area (Å²) in [5, 5.41) is 4.44. The van der Waals surface area contributed by atoms with E-state index in [0.29, 0.717) is 22.6 Å². The highest BCUT2D eigenvalue weighted by Crippen LogP contribution is 2.20. The van der Waals surface area contributed by atoms with Crippen molar-refractivity contribution in [2.75, 3.05) is 11.9 Å². The van der Waals surface area contributed by atoms with Gasteiger partial charge in [0.05, 0.1) is 22.6 Å². The Kier molecular flexibility index (Phi) is 4.48. The highest BCUT2D eigenvalue weighted by Gasteiger charge is 2.27. The van der Waals surface area contributed by atoms with Gasteiger partial charge in [0, 0.05) is 12.7 Å². The average molecular weight is 333 g/mol. The monoisotopic (exact) mass is 333 g/mol. The summed E-state index contributed by atoms with van der Waals surface area (Å²) in [7, 11) is 1.60. The zero-order valence-corrected chi connectivity index (χ0v) is 14.4. The first-order valence-corrected chi connectivity index (χ1v) is 7.99. The lowest BCUT2D eigenvalue weighted by Gasteiger charge is -2.16. The molecule has 1 aromatic heterocycles. The van der Waals surface area contributed by atoms with Crippen LogP contribution in [-0.4, -0.2) is 28.5 Å². The Morgan fingerprint density at radius 3 is 2.08 bits per heavy atom. The molecule has 0 aliphatic heterocycles. The minimum absolute atomic E-state index is 0.358. The van der Waals surface area contributed by atoms with E-state index < -0.39 is 11.7 Å². The Bertz CT molecular complexity index is 915. The fraction of sp³-hybridized carbons (Fsp3) is 0.150. The number of aryl methyl sites for hydroxylation is 1. The van der Waals surface area contributed by atoms with Gasteiger partial charge in [0.1, 0.15) is 0 Å². The number of anilines is 1. The molecule has 0 aliphatic carbocycles. The molecule has 5 heteroatoms. The SMILES string of the molecule is Cc1nn(-c2ccccc2)c(C)c1C(=O)C(=O)N(C)c1ccccc1. The molecular weight excluding hydrogens is 314 g/mol. The van der Waals surface area contributed by atoms with Gasteiger partial charge in [-0.15, -0.1) is 0 Å². The molecule has 3 aromatic rings. The molecule has 0 saturated carbocycles. The average Bonchev–Trinajstić information content (AvgIpc) is 2.95. The van der Waals surface area contributed by atoms with Crippen molar-refractivity contribution in [1.82, 2.24) is 9.78 Å². The number of hydrogen-bond acceptors (Lipinski definition) is 3. The summed E-state index contributed by atoms with van der Waals surface area (Å²) in [4.78, 5) is 26.8. The van der Waals surface area contributed by atoms with Crippen LogP contribution in [0, 0.1) is 13.8 Å². The lowest BCUT2D eigenvalue weighted by atomic mass is 10.1. The summed E-state index contributed by atoms with van der Waals surface area (Å²) in [5.41, 5.74) is 3.08. The van der Waals surface area contributed by atoms with Gasteiger partial charge >= 0.3 is 0 Å². The molecule has 3 rings (SSSR count). The molecule has 0 aliphatic rings. The predicted molar refractivity (Wildman–Crippen MR) is 97.2 cm³/mol. The quantitative estimate of drug-likeness (QED) is 0.543. The Labute approximate surface area is 146 Å². The number of benzene rings is 2. The summed E-state index contributed by atoms with van der Waals surface area (Å²) in [5.74, 6) is -1.13. The van der Waals surface area contributed by atoms with Crippen molar-refractivity contribution in [2.45, 2.75) is 13.8 Å². The number of ketones is 1. The topological polar surface area (TPSA) is 55.2 Å². The molecule has 0 saturated heterocycles. The Balaban J connectivity index is 1.95. The summed E-state index contributed by atoms with van der Waals surface area (Å²) in [6.45, 7) is 3.55. The minimum Gasteiger partial charge on any atom is -0.309 e. The van der Waals surface area contributed by atoms with Crippen molar-refractivity contribution in [1.29, 1.82) is 0 Å². The predicted octanol–water partition coefficient (Wildman–Crippen LogP) is 3.33. The third-order valence-electron chi connectivity index (χ3n) is 4.16. The summed E-state index contributed by atoms with van der Waals surface area (Å²) in [6, 6.07) is 18.6. The maximum absolute atomic E-state index is 12.8. The molecule has 0 spiro atoms. The number of carbonyl (C=O) groups excluding carboxylic acids is 2. The molecule has 2 aromatic carbocycles. The molecule has 1 amide bonds. The van der Waals surface area contributed by atoms with Crippen molar-refractivity contribution in [3.05, 3.63) is 77.6 Å². The number of aromatic nitrogens is 2. The van der Waals surface area contributed by atoms with E-state index >= 15 is 0 Å². The van der Waals surface area contributed by atoms with Crippen LogP contribution >= 0.6 is 0 Å². The molecule has 0 unspecified atom stereocenters. The van der Waals surface area contributed by atoms with Crippen LogP contribution in [0.3, 0.4) is 0 Å². The van der Waals surface area contributed by atoms with Crippen LogP contribution in [0.2, 0.25) is 0 Å². The van der Waals surface area contributed by atoms with E-state index in [1.54, 1.807) is 37.7 Å². The molecule has 1 heterocycles. The molecule has 126 valence electrons. The first-order chi connectivity index (χ1) is 12.0. The maximum Gasteiger partial charge on any atom is 0.299 e. The fourth-order valence-electron chi connectivity index (χ4n) is 2.82. The second-order valence-corrected chi connectivity index (χ2v) is 5.82. The van der Waals surface area contributed by atoms with E-state index in [-0.39, 0.29) is 0 Å². The number of nitrogens with zero attached hydrogens (tertiary/aromatic N) is 3. The standard InChI is InChI=1S/C20H19N3O2/c1-14-18(15(2)23(21-14)17-12-8-5-9-13-17)19(24)20(25)22(3)16-10-6-4-7-11-16/h4-13H,1-3H3. The fourth-order valence-corrected chi connectivity index (χ4v) is 2.82. The zero-order chi connectivity index (χ0) is 18.0. The van der Waals surface area contributed by atoms with Crippen LogP contribution < -0.4 is 4.90 Å². The minimum atomic E-state index is -0.579. The van der Waals surface area contributed by atoms with Gasteiger partial charge in [0.2, 0.25) is 0 Å². The largest absolute Gasteiger partial charge is 0.309 e. The third kappa shape index (κ3) is 3.08. The summed E-state index contributed by atoms with van der Waals surface area (Å²) < 4.78 is 1.69. The zero-order valence-electron chi connectivity index (χ0n) is 14.4. The second kappa shape index (κ2) is 6.73. The number of Topliss-reactive ketones (excluding diaryl/α,β-unsaturated/α-hetero) is 1. The van der Waals surface area contributed by atoms with Gasteiger partial charge in [-0.3, -0.25) is 9.59 Å². The number of hydrogen-bond donors (Lipinski definition) is 0. The van der Waals surface area contributed by atoms with E-state index in [1.165, 1.54) is 4.90 Å². The molecule has 0 fully saturated rings. The van der Waals surface area contributed by atoms with Crippen molar-refractivity contribution in [3.63, 3.8) is 0 Å². The van der Waals surface area contributed by atoms with Gasteiger partial charge in [-0.1, -0.05) is 36.4 Å². The van der Waals surface area contributed by atoms with Crippen molar-refractivity contribution >= 4 is 17.4 Å². The first-order valence-electron chi connectivity index (χ1n) is 7.99. The molecule has 0 radical (unpaired) electrons. The number of rotatable bonds is 4. The highest BCUT2D eigenvalue weighted by atomic mass is 16.2. The Hall–Kier alpha value is -3.21. The van der Waals surface area contributed by atoms with E-state index in [0.717, 1.165) is 5.69 Å². The first kappa shape index (κ1) is 16.6. The third-order valence-corrected chi connectivity index (χ3v) is 4.16. The van der Waals surface area contributed by atoms with Crippen LogP contribution in [0.5, 0.6) is 0 Å². The smallest absolute Gasteiger partial charge is 0.299 e. The molecule has 0 N–H and O–H groups in total. The van der Waals surface area contributed by atoms with Crippen LogP contribution in [-0.2, 0) is 4.79 Å². The van der Waals surface area contributed by atoms with Crippen molar-refractivity contribution in [3.8, 4) is 5.69 Å². The van der Waals surface area contributed by atoms with Gasteiger partial charge in [0.25, 0.3) is 11.7 Å². The number of likely N-dealkylation sites (N-methyl/N-ethyl adjacent to an activating group) is 1. The van der Waals surface area contributed by atoms with Crippen LogP contribution in [0.25, 0.3) is 5.69 Å². The van der Waals surface area contributed by atoms with Gasteiger partial charge in [-0.25, -0.2) is 4.68 Å². The summed E-state index contributed by atoms with van der Waals surface area (Å²) in [6.07, 6.45) is 0. The second-order valence-electron chi connectivity index (χ2n) is 5.82. The van der Waals surface area contributed by atoms with Crippen LogP contribution in [0.15, 0.2) is 60.7 Å². The maximum atomic E-state index is 12.8. The Morgan fingerprint density at radius 2 is 1.48 bits per heavy atom. The normalized spacial score (nSPS) is 10.5. The van der Waals surface area contributed by atoms with Gasteiger partial charge in [-0.2, -0.15) is 5.10 Å². The van der Waals surface area contributed by atoms with E-state index in [1.807, 2.05) is 48.5 Å².